The minimum absolute atomic E-state index is 0.399. The molecule has 0 aliphatic carbocycles. The minimum atomic E-state index is -0.475. The molecule has 1 rings (SSSR count). The average molecular weight is 240 g/mol. The lowest BCUT2D eigenvalue weighted by molar-refractivity contribution is 0.0523. The number of carbonyl (C=O) groups excluding carboxylic acids is 1. The number of rotatable bonds is 2. The number of carbonyl (C=O) groups is 1. The van der Waals surface area contributed by atoms with Crippen LogP contribution in [0, 0.1) is 0 Å². The molecule has 0 unspecified atom stereocenters. The third kappa shape index (κ3) is 5.02. The molecule has 0 saturated carbocycles. The Hall–Kier alpha value is -1.23. The van der Waals surface area contributed by atoms with Crippen LogP contribution in [0.5, 0.6) is 0 Å². The Morgan fingerprint density at radius 1 is 1.50 bits per heavy atom. The average Bonchev–Trinajstić information content (AvgIpc) is 2.14. The van der Waals surface area contributed by atoms with Crippen molar-refractivity contribution in [1.82, 2.24) is 10.3 Å². The topological polar surface area (TPSA) is 51.2 Å². The molecule has 0 saturated heterocycles. The monoisotopic (exact) mass is 240 g/mol. The van der Waals surface area contributed by atoms with Gasteiger partial charge in [-0.2, -0.15) is 0 Å². The minimum Gasteiger partial charge on any atom is -0.444 e. The van der Waals surface area contributed by atoms with Crippen molar-refractivity contribution in [2.45, 2.75) is 37.9 Å². The molecule has 4 nitrogen and oxygen atoms in total. The van der Waals surface area contributed by atoms with Crippen LogP contribution < -0.4 is 5.32 Å². The molecule has 0 aliphatic rings. The lowest BCUT2D eigenvalue weighted by Crippen LogP contribution is -2.32. The smallest absolute Gasteiger partial charge is 0.407 e. The van der Waals surface area contributed by atoms with Crippen LogP contribution in [0.4, 0.5) is 4.79 Å². The van der Waals surface area contributed by atoms with Gasteiger partial charge in [-0.1, -0.05) is 6.07 Å². The van der Waals surface area contributed by atoms with E-state index in [4.69, 9.17) is 4.74 Å². The Morgan fingerprint density at radius 2 is 2.19 bits per heavy atom. The number of pyridine rings is 1. The number of hydrogen-bond acceptors (Lipinski definition) is 4. The van der Waals surface area contributed by atoms with Crippen molar-refractivity contribution in [1.29, 1.82) is 0 Å². The lowest BCUT2D eigenvalue weighted by Gasteiger charge is -2.19. The molecule has 0 fully saturated rings. The highest BCUT2D eigenvalue weighted by molar-refractivity contribution is 7.80. The van der Waals surface area contributed by atoms with Gasteiger partial charge in [0.25, 0.3) is 0 Å². The zero-order valence-electron chi connectivity index (χ0n) is 9.65. The predicted octanol–water partition coefficient (Wildman–Crippen LogP) is 2.40. The van der Waals surface area contributed by atoms with Crippen LogP contribution in [0.25, 0.3) is 0 Å². The van der Waals surface area contributed by atoms with E-state index in [-0.39, 0.29) is 0 Å². The second-order valence-electron chi connectivity index (χ2n) is 4.38. The summed E-state index contributed by atoms with van der Waals surface area (Å²) in [6, 6.07) is 3.63. The molecule has 1 aromatic heterocycles. The first-order chi connectivity index (χ1) is 7.37. The van der Waals surface area contributed by atoms with Gasteiger partial charge in [0.1, 0.15) is 5.60 Å². The largest absolute Gasteiger partial charge is 0.444 e. The van der Waals surface area contributed by atoms with Gasteiger partial charge < -0.3 is 10.1 Å². The van der Waals surface area contributed by atoms with E-state index in [2.05, 4.69) is 22.9 Å². The highest BCUT2D eigenvalue weighted by Gasteiger charge is 2.15. The molecule has 0 radical (unpaired) electrons. The Labute approximate surface area is 101 Å². The second kappa shape index (κ2) is 5.21. The second-order valence-corrected chi connectivity index (χ2v) is 4.84. The maximum Gasteiger partial charge on any atom is 0.407 e. The van der Waals surface area contributed by atoms with Crippen molar-refractivity contribution in [3.05, 3.63) is 23.9 Å². The number of nitrogens with zero attached hydrogens (tertiary/aromatic N) is 1. The van der Waals surface area contributed by atoms with Crippen LogP contribution in [-0.4, -0.2) is 16.7 Å². The number of alkyl carbamates (subject to hydrolysis) is 1. The summed E-state index contributed by atoms with van der Waals surface area (Å²) in [5, 5.41) is 3.30. The van der Waals surface area contributed by atoms with E-state index < -0.39 is 11.7 Å². The Kier molecular flexibility index (Phi) is 4.18. The van der Waals surface area contributed by atoms with Gasteiger partial charge in [-0.15, -0.1) is 12.6 Å². The highest BCUT2D eigenvalue weighted by atomic mass is 32.1. The van der Waals surface area contributed by atoms with Gasteiger partial charge in [0.2, 0.25) is 0 Å². The molecule has 5 heteroatoms. The molecule has 0 bridgehead atoms. The lowest BCUT2D eigenvalue weighted by atomic mass is 10.2. The third-order valence-electron chi connectivity index (χ3n) is 1.64. The molecular formula is C11H16N2O2S. The fraction of sp³-hybridized carbons (Fsp3) is 0.455. The molecule has 88 valence electrons. The third-order valence-corrected chi connectivity index (χ3v) is 1.91. The Morgan fingerprint density at radius 3 is 2.69 bits per heavy atom. The van der Waals surface area contributed by atoms with Crippen molar-refractivity contribution in [2.75, 3.05) is 0 Å². The standard InChI is InChI=1S/C11H16N2O2S/c1-11(2,3)15-10(14)13-7-8-4-5-9(16)12-6-8/h4-6H,7H2,1-3H3,(H,12,16)(H,13,14). The van der Waals surface area contributed by atoms with E-state index in [1.807, 2.05) is 26.8 Å². The van der Waals surface area contributed by atoms with E-state index in [1.54, 1.807) is 12.3 Å². The van der Waals surface area contributed by atoms with Crippen LogP contribution in [0.15, 0.2) is 23.4 Å². The fourth-order valence-electron chi connectivity index (χ4n) is 1.01. The van der Waals surface area contributed by atoms with E-state index in [1.165, 1.54) is 0 Å². The van der Waals surface area contributed by atoms with E-state index in [9.17, 15) is 4.79 Å². The molecule has 0 aliphatic heterocycles. The Bertz CT molecular complexity index is 357. The van der Waals surface area contributed by atoms with Gasteiger partial charge in [0.05, 0.1) is 5.03 Å². The first-order valence-corrected chi connectivity index (χ1v) is 5.42. The normalized spacial score (nSPS) is 11.0. The van der Waals surface area contributed by atoms with Gasteiger partial charge in [0, 0.05) is 12.7 Å². The van der Waals surface area contributed by atoms with Crippen molar-refractivity contribution >= 4 is 18.7 Å². The van der Waals surface area contributed by atoms with Crippen LogP contribution >= 0.6 is 12.6 Å². The van der Waals surface area contributed by atoms with E-state index in [0.29, 0.717) is 11.6 Å². The van der Waals surface area contributed by atoms with Gasteiger partial charge >= 0.3 is 6.09 Å². The van der Waals surface area contributed by atoms with Gasteiger partial charge in [-0.25, -0.2) is 9.78 Å². The van der Waals surface area contributed by atoms with Crippen LogP contribution in [-0.2, 0) is 11.3 Å². The maximum atomic E-state index is 11.3. The van der Waals surface area contributed by atoms with Crippen molar-refractivity contribution in [2.24, 2.45) is 0 Å². The van der Waals surface area contributed by atoms with Gasteiger partial charge in [-0.3, -0.25) is 0 Å². The summed E-state index contributed by atoms with van der Waals surface area (Å²) >= 11 is 4.07. The quantitative estimate of drug-likeness (QED) is 0.780. The van der Waals surface area contributed by atoms with Gasteiger partial charge in [0.15, 0.2) is 0 Å². The van der Waals surface area contributed by atoms with Crippen molar-refractivity contribution in [3.8, 4) is 0 Å². The number of nitrogens with one attached hydrogen (secondary N) is 1. The van der Waals surface area contributed by atoms with E-state index >= 15 is 0 Å². The van der Waals surface area contributed by atoms with Crippen molar-refractivity contribution in [3.63, 3.8) is 0 Å². The highest BCUT2D eigenvalue weighted by Crippen LogP contribution is 2.07. The number of aromatic nitrogens is 1. The van der Waals surface area contributed by atoms with Gasteiger partial charge in [-0.05, 0) is 32.4 Å². The van der Waals surface area contributed by atoms with Crippen LogP contribution in [0.1, 0.15) is 26.3 Å². The molecule has 0 aromatic carbocycles. The number of ether oxygens (including phenoxy) is 1. The zero-order valence-corrected chi connectivity index (χ0v) is 10.5. The first kappa shape index (κ1) is 12.8. The molecule has 16 heavy (non-hydrogen) atoms. The predicted molar refractivity (Wildman–Crippen MR) is 64.6 cm³/mol. The summed E-state index contributed by atoms with van der Waals surface area (Å²) in [6.45, 7) is 5.87. The summed E-state index contributed by atoms with van der Waals surface area (Å²) in [5.74, 6) is 0. The van der Waals surface area contributed by atoms with E-state index in [0.717, 1.165) is 5.56 Å². The summed E-state index contributed by atoms with van der Waals surface area (Å²) in [4.78, 5) is 15.3. The fourth-order valence-corrected chi connectivity index (χ4v) is 1.14. The molecule has 0 atom stereocenters. The SMILES string of the molecule is CC(C)(C)OC(=O)NCc1ccc(S)nc1. The summed E-state index contributed by atoms with van der Waals surface area (Å²) < 4.78 is 5.10. The Balaban J connectivity index is 2.40. The van der Waals surface area contributed by atoms with Crippen molar-refractivity contribution < 1.29 is 9.53 Å². The molecule has 1 heterocycles. The molecule has 1 aromatic rings. The maximum absolute atomic E-state index is 11.3. The van der Waals surface area contributed by atoms with Crippen LogP contribution in [0.2, 0.25) is 0 Å². The molecule has 1 N–H and O–H groups in total. The first-order valence-electron chi connectivity index (χ1n) is 4.97. The molecule has 1 amide bonds. The van der Waals surface area contributed by atoms with Crippen LogP contribution in [0.3, 0.4) is 0 Å². The molecule has 0 spiro atoms. The summed E-state index contributed by atoms with van der Waals surface area (Å²) in [6.07, 6.45) is 1.24. The molecular weight excluding hydrogens is 224 g/mol. The summed E-state index contributed by atoms with van der Waals surface area (Å²) in [5.41, 5.74) is 0.431. The zero-order chi connectivity index (χ0) is 12.2. The number of thiol groups is 1. The number of amides is 1. The summed E-state index contributed by atoms with van der Waals surface area (Å²) in [7, 11) is 0. The number of hydrogen-bond donors (Lipinski definition) is 2.